The predicted molar refractivity (Wildman–Crippen MR) is 78.2 cm³/mol. The quantitative estimate of drug-likeness (QED) is 0.932. The third-order valence-electron chi connectivity index (χ3n) is 4.85. The van der Waals surface area contributed by atoms with E-state index in [9.17, 15) is 18.7 Å². The van der Waals surface area contributed by atoms with E-state index in [0.29, 0.717) is 37.9 Å². The average Bonchev–Trinajstić information content (AvgIpc) is 3.07. The van der Waals surface area contributed by atoms with E-state index in [-0.39, 0.29) is 11.8 Å². The van der Waals surface area contributed by atoms with Crippen molar-refractivity contribution in [2.45, 2.75) is 44.1 Å². The molecule has 0 radical (unpaired) electrons. The van der Waals surface area contributed by atoms with Crippen LogP contribution >= 0.6 is 0 Å². The van der Waals surface area contributed by atoms with Crippen LogP contribution in [0.4, 0.5) is 8.78 Å². The normalized spacial score (nSPS) is 24.0. The average molecular weight is 309 g/mol. The summed E-state index contributed by atoms with van der Waals surface area (Å²) in [6, 6.07) is 3.56. The van der Waals surface area contributed by atoms with E-state index < -0.39 is 17.2 Å². The summed E-state index contributed by atoms with van der Waals surface area (Å²) in [5, 5.41) is 10.4. The number of rotatable bonds is 3. The molecule has 22 heavy (non-hydrogen) atoms. The molecule has 1 heterocycles. The van der Waals surface area contributed by atoms with Crippen LogP contribution in [0.15, 0.2) is 18.2 Å². The summed E-state index contributed by atoms with van der Waals surface area (Å²) >= 11 is 0. The molecule has 1 aromatic rings. The molecular formula is C17H21F2NO2. The van der Waals surface area contributed by atoms with Crippen molar-refractivity contribution in [3.8, 4) is 0 Å². The molecule has 0 aromatic heterocycles. The summed E-state index contributed by atoms with van der Waals surface area (Å²) in [5.74, 6) is -1.12. The number of aliphatic hydroxyl groups is 1. The van der Waals surface area contributed by atoms with Crippen molar-refractivity contribution >= 4 is 5.91 Å². The Morgan fingerprint density at radius 2 is 1.86 bits per heavy atom. The Kier molecular flexibility index (Phi) is 4.17. The van der Waals surface area contributed by atoms with Crippen LogP contribution in [0.3, 0.4) is 0 Å². The number of benzene rings is 1. The topological polar surface area (TPSA) is 40.5 Å². The zero-order chi connectivity index (χ0) is 15.7. The van der Waals surface area contributed by atoms with Gasteiger partial charge in [-0.3, -0.25) is 4.79 Å². The zero-order valence-electron chi connectivity index (χ0n) is 12.5. The van der Waals surface area contributed by atoms with Gasteiger partial charge < -0.3 is 10.0 Å². The minimum absolute atomic E-state index is 0.169. The first-order valence-electron chi connectivity index (χ1n) is 7.93. The molecule has 1 aromatic carbocycles. The van der Waals surface area contributed by atoms with E-state index >= 15 is 0 Å². The lowest BCUT2D eigenvalue weighted by Gasteiger charge is -2.27. The van der Waals surface area contributed by atoms with Crippen molar-refractivity contribution in [2.24, 2.45) is 5.92 Å². The first kappa shape index (κ1) is 15.4. The fourth-order valence-corrected chi connectivity index (χ4v) is 3.71. The highest BCUT2D eigenvalue weighted by Gasteiger charge is 2.43. The standard InChI is InChI=1S/C17H21F2NO2/c18-14-8-13(9-15(19)10-14)7-12-3-6-20(11-12)16(21)17(22)4-1-2-5-17/h8-10,12,22H,1-7,11H2. The summed E-state index contributed by atoms with van der Waals surface area (Å²) in [7, 11) is 0. The Morgan fingerprint density at radius 3 is 2.50 bits per heavy atom. The van der Waals surface area contributed by atoms with Gasteiger partial charge in [0.2, 0.25) is 0 Å². The lowest BCUT2D eigenvalue weighted by Crippen LogP contribution is -2.46. The van der Waals surface area contributed by atoms with Crippen LogP contribution in [0.5, 0.6) is 0 Å². The van der Waals surface area contributed by atoms with Crippen LogP contribution in [0.25, 0.3) is 0 Å². The molecule has 0 bridgehead atoms. The van der Waals surface area contributed by atoms with E-state index in [1.807, 2.05) is 0 Å². The van der Waals surface area contributed by atoms with Crippen LogP contribution in [-0.2, 0) is 11.2 Å². The molecule has 1 aliphatic heterocycles. The number of amides is 1. The number of hydrogen-bond donors (Lipinski definition) is 1. The number of carbonyl (C=O) groups excluding carboxylic acids is 1. The molecule has 3 rings (SSSR count). The van der Waals surface area contributed by atoms with Crippen molar-refractivity contribution in [2.75, 3.05) is 13.1 Å². The molecule has 2 aliphatic rings. The van der Waals surface area contributed by atoms with Gasteiger partial charge in [0.15, 0.2) is 0 Å². The van der Waals surface area contributed by atoms with E-state index in [1.165, 1.54) is 12.1 Å². The Labute approximate surface area is 128 Å². The molecule has 120 valence electrons. The maximum Gasteiger partial charge on any atom is 0.254 e. The summed E-state index contributed by atoms with van der Waals surface area (Å²) in [6.07, 6.45) is 4.23. The van der Waals surface area contributed by atoms with Gasteiger partial charge in [0.25, 0.3) is 5.91 Å². The highest BCUT2D eigenvalue weighted by atomic mass is 19.1. The van der Waals surface area contributed by atoms with Gasteiger partial charge in [0, 0.05) is 19.2 Å². The van der Waals surface area contributed by atoms with E-state index in [4.69, 9.17) is 0 Å². The molecule has 1 aliphatic carbocycles. The van der Waals surface area contributed by atoms with Crippen LogP contribution in [0, 0.1) is 17.6 Å². The van der Waals surface area contributed by atoms with E-state index in [1.54, 1.807) is 4.90 Å². The Morgan fingerprint density at radius 1 is 1.23 bits per heavy atom. The maximum absolute atomic E-state index is 13.2. The Hall–Kier alpha value is -1.49. The molecule has 1 atom stereocenters. The van der Waals surface area contributed by atoms with Crippen molar-refractivity contribution in [3.05, 3.63) is 35.4 Å². The lowest BCUT2D eigenvalue weighted by molar-refractivity contribution is -0.149. The van der Waals surface area contributed by atoms with Gasteiger partial charge in [-0.2, -0.15) is 0 Å². The second-order valence-corrected chi connectivity index (χ2v) is 6.63. The Bertz CT molecular complexity index is 550. The third kappa shape index (κ3) is 3.14. The predicted octanol–water partition coefficient (Wildman–Crippen LogP) is 2.66. The van der Waals surface area contributed by atoms with Gasteiger partial charge in [-0.1, -0.05) is 0 Å². The molecule has 1 saturated carbocycles. The molecule has 1 amide bonds. The summed E-state index contributed by atoms with van der Waals surface area (Å²) in [5.41, 5.74) is -0.559. The van der Waals surface area contributed by atoms with Crippen molar-refractivity contribution in [1.82, 2.24) is 4.90 Å². The molecular weight excluding hydrogens is 288 g/mol. The number of nitrogens with zero attached hydrogens (tertiary/aromatic N) is 1. The van der Waals surface area contributed by atoms with Crippen molar-refractivity contribution in [3.63, 3.8) is 0 Å². The molecule has 1 unspecified atom stereocenters. The number of likely N-dealkylation sites (tertiary alicyclic amines) is 1. The van der Waals surface area contributed by atoms with Crippen molar-refractivity contribution in [1.29, 1.82) is 0 Å². The largest absolute Gasteiger partial charge is 0.380 e. The maximum atomic E-state index is 13.2. The summed E-state index contributed by atoms with van der Waals surface area (Å²) in [4.78, 5) is 14.1. The third-order valence-corrected chi connectivity index (χ3v) is 4.85. The monoisotopic (exact) mass is 309 g/mol. The minimum atomic E-state index is -1.18. The summed E-state index contributed by atoms with van der Waals surface area (Å²) < 4.78 is 26.4. The fourth-order valence-electron chi connectivity index (χ4n) is 3.71. The highest BCUT2D eigenvalue weighted by molar-refractivity contribution is 5.85. The van der Waals surface area contributed by atoms with Gasteiger partial charge in [-0.25, -0.2) is 8.78 Å². The molecule has 0 spiro atoms. The highest BCUT2D eigenvalue weighted by Crippen LogP contribution is 2.33. The molecule has 2 fully saturated rings. The van der Waals surface area contributed by atoms with Gasteiger partial charge in [0.05, 0.1) is 0 Å². The van der Waals surface area contributed by atoms with Crippen LogP contribution in [-0.4, -0.2) is 34.6 Å². The van der Waals surface area contributed by atoms with Crippen molar-refractivity contribution < 1.29 is 18.7 Å². The molecule has 5 heteroatoms. The Balaban J connectivity index is 1.61. The number of halogens is 2. The molecule has 1 N–H and O–H groups in total. The first-order chi connectivity index (χ1) is 10.5. The van der Waals surface area contributed by atoms with E-state index in [0.717, 1.165) is 25.3 Å². The second-order valence-electron chi connectivity index (χ2n) is 6.63. The smallest absolute Gasteiger partial charge is 0.254 e. The zero-order valence-corrected chi connectivity index (χ0v) is 12.5. The van der Waals surface area contributed by atoms with Gasteiger partial charge >= 0.3 is 0 Å². The van der Waals surface area contributed by atoms with Crippen LogP contribution in [0.1, 0.15) is 37.7 Å². The van der Waals surface area contributed by atoms with Gasteiger partial charge in [-0.15, -0.1) is 0 Å². The molecule has 3 nitrogen and oxygen atoms in total. The first-order valence-corrected chi connectivity index (χ1v) is 7.93. The second kappa shape index (κ2) is 5.95. The fraction of sp³-hybridized carbons (Fsp3) is 0.588. The molecule has 1 saturated heterocycles. The van der Waals surface area contributed by atoms with E-state index in [2.05, 4.69) is 0 Å². The van der Waals surface area contributed by atoms with Gasteiger partial charge in [-0.05, 0) is 62.1 Å². The van der Waals surface area contributed by atoms with Crippen LogP contribution < -0.4 is 0 Å². The minimum Gasteiger partial charge on any atom is -0.380 e. The SMILES string of the molecule is O=C(N1CCC(Cc2cc(F)cc(F)c2)C1)C1(O)CCCC1. The van der Waals surface area contributed by atoms with Gasteiger partial charge in [0.1, 0.15) is 17.2 Å². The van der Waals surface area contributed by atoms with Crippen LogP contribution in [0.2, 0.25) is 0 Å². The number of hydrogen-bond acceptors (Lipinski definition) is 2. The summed E-state index contributed by atoms with van der Waals surface area (Å²) in [6.45, 7) is 1.17. The number of carbonyl (C=O) groups is 1. The lowest BCUT2D eigenvalue weighted by atomic mass is 9.98.